The maximum absolute atomic E-state index is 13.1. The third-order valence-electron chi connectivity index (χ3n) is 5.16. The molecule has 1 aromatic carbocycles. The van der Waals surface area contributed by atoms with Crippen LogP contribution in [0.2, 0.25) is 5.02 Å². The summed E-state index contributed by atoms with van der Waals surface area (Å²) in [5, 5.41) is 9.42. The highest BCUT2D eigenvalue weighted by Gasteiger charge is 2.33. The number of aromatic nitrogens is 1. The fourth-order valence-corrected chi connectivity index (χ4v) is 5.12. The lowest BCUT2D eigenvalue weighted by atomic mass is 9.96. The van der Waals surface area contributed by atoms with Crippen molar-refractivity contribution in [3.8, 4) is 6.07 Å². The predicted octanol–water partition coefficient (Wildman–Crippen LogP) is 3.08. The number of amides is 1. The van der Waals surface area contributed by atoms with Crippen LogP contribution >= 0.6 is 11.6 Å². The first-order valence-electron chi connectivity index (χ1n) is 9.72. The molecule has 0 spiro atoms. The van der Waals surface area contributed by atoms with E-state index in [0.717, 1.165) is 5.56 Å². The quantitative estimate of drug-likeness (QED) is 0.651. The number of rotatable bonds is 7. The highest BCUT2D eigenvalue weighted by Crippen LogP contribution is 2.26. The average molecular weight is 447 g/mol. The first-order valence-corrected chi connectivity index (χ1v) is 11.5. The molecular formula is C21H23ClN4O3S. The van der Waals surface area contributed by atoms with E-state index in [4.69, 9.17) is 16.9 Å². The zero-order chi connectivity index (χ0) is 21.6. The summed E-state index contributed by atoms with van der Waals surface area (Å²) in [4.78, 5) is 19.0. The number of hydrogen-bond acceptors (Lipinski definition) is 5. The van der Waals surface area contributed by atoms with Crippen molar-refractivity contribution in [3.05, 3.63) is 59.4 Å². The molecule has 30 heavy (non-hydrogen) atoms. The molecule has 0 bridgehead atoms. The monoisotopic (exact) mass is 446 g/mol. The highest BCUT2D eigenvalue weighted by molar-refractivity contribution is 7.89. The molecule has 2 aromatic rings. The summed E-state index contributed by atoms with van der Waals surface area (Å²) in [7, 11) is -3.61. The molecule has 9 heteroatoms. The highest BCUT2D eigenvalue weighted by atomic mass is 35.5. The van der Waals surface area contributed by atoms with Gasteiger partial charge in [-0.3, -0.25) is 9.78 Å². The number of nitriles is 1. The Morgan fingerprint density at radius 3 is 2.53 bits per heavy atom. The van der Waals surface area contributed by atoms with Crippen molar-refractivity contribution >= 4 is 27.5 Å². The standard InChI is InChI=1S/C21H23ClN4O3S/c22-19-4-6-20(7-5-19)30(28,29)26-13-8-18(9-14-26)21(27)25(12-2-10-23)16-17-3-1-11-24-15-17/h1,3-7,11,15,18H,2,8-9,12-14,16H2. The van der Waals surface area contributed by atoms with E-state index in [1.165, 1.54) is 16.4 Å². The van der Waals surface area contributed by atoms with Gasteiger partial charge in [0.25, 0.3) is 0 Å². The summed E-state index contributed by atoms with van der Waals surface area (Å²) in [6.07, 6.45) is 4.51. The topological polar surface area (TPSA) is 94.4 Å². The number of piperidine rings is 1. The molecule has 1 aliphatic heterocycles. The number of benzene rings is 1. The van der Waals surface area contributed by atoms with E-state index in [9.17, 15) is 13.2 Å². The maximum atomic E-state index is 13.1. The Kier molecular flexibility index (Phi) is 7.43. The number of hydrogen-bond donors (Lipinski definition) is 0. The van der Waals surface area contributed by atoms with Crippen LogP contribution in [-0.2, 0) is 21.4 Å². The Balaban J connectivity index is 1.65. The second-order valence-corrected chi connectivity index (χ2v) is 9.54. The zero-order valence-corrected chi connectivity index (χ0v) is 18.0. The van der Waals surface area contributed by atoms with E-state index < -0.39 is 10.0 Å². The molecule has 1 saturated heterocycles. The van der Waals surface area contributed by atoms with Crippen molar-refractivity contribution in [2.75, 3.05) is 19.6 Å². The van der Waals surface area contributed by atoms with Gasteiger partial charge in [0.15, 0.2) is 0 Å². The van der Waals surface area contributed by atoms with Crippen molar-refractivity contribution in [2.24, 2.45) is 5.92 Å². The fourth-order valence-electron chi connectivity index (χ4n) is 3.52. The van der Waals surface area contributed by atoms with E-state index >= 15 is 0 Å². The molecule has 0 atom stereocenters. The SMILES string of the molecule is N#CCCN(Cc1cccnc1)C(=O)C1CCN(S(=O)(=O)c2ccc(Cl)cc2)CC1. The molecular weight excluding hydrogens is 424 g/mol. The molecule has 0 radical (unpaired) electrons. The van der Waals surface area contributed by atoms with Gasteiger partial charge in [-0.05, 0) is 48.7 Å². The van der Waals surface area contributed by atoms with Crippen molar-refractivity contribution in [2.45, 2.75) is 30.7 Å². The molecule has 3 rings (SSSR count). The molecule has 1 fully saturated rings. The van der Waals surface area contributed by atoms with Gasteiger partial charge in [0.2, 0.25) is 15.9 Å². The molecule has 1 amide bonds. The second kappa shape index (κ2) is 10.0. The van der Waals surface area contributed by atoms with Crippen LogP contribution in [0.25, 0.3) is 0 Å². The van der Waals surface area contributed by atoms with Crippen LogP contribution < -0.4 is 0 Å². The van der Waals surface area contributed by atoms with Crippen LogP contribution in [0.4, 0.5) is 0 Å². The van der Waals surface area contributed by atoms with Crippen LogP contribution in [0.3, 0.4) is 0 Å². The number of sulfonamides is 1. The van der Waals surface area contributed by atoms with E-state index in [-0.39, 0.29) is 36.2 Å². The lowest BCUT2D eigenvalue weighted by Gasteiger charge is -2.33. The zero-order valence-electron chi connectivity index (χ0n) is 16.4. The lowest BCUT2D eigenvalue weighted by Crippen LogP contribution is -2.44. The van der Waals surface area contributed by atoms with Crippen molar-refractivity contribution in [3.63, 3.8) is 0 Å². The number of pyridine rings is 1. The van der Waals surface area contributed by atoms with Gasteiger partial charge in [-0.1, -0.05) is 17.7 Å². The molecule has 0 N–H and O–H groups in total. The van der Waals surface area contributed by atoms with Crippen molar-refractivity contribution in [1.29, 1.82) is 5.26 Å². The van der Waals surface area contributed by atoms with Crippen LogP contribution in [0.15, 0.2) is 53.7 Å². The number of halogens is 1. The van der Waals surface area contributed by atoms with Crippen LogP contribution in [0, 0.1) is 17.2 Å². The number of carbonyl (C=O) groups is 1. The van der Waals surface area contributed by atoms with Gasteiger partial charge < -0.3 is 4.90 Å². The summed E-state index contributed by atoms with van der Waals surface area (Å²) in [5.41, 5.74) is 0.895. The van der Waals surface area contributed by atoms with Gasteiger partial charge in [0.1, 0.15) is 0 Å². The molecule has 1 aliphatic rings. The minimum atomic E-state index is -3.61. The van der Waals surface area contributed by atoms with E-state index in [2.05, 4.69) is 11.1 Å². The Morgan fingerprint density at radius 2 is 1.93 bits per heavy atom. The van der Waals surface area contributed by atoms with Gasteiger partial charge in [0, 0.05) is 49.5 Å². The van der Waals surface area contributed by atoms with Crippen LogP contribution in [-0.4, -0.2) is 48.1 Å². The second-order valence-electron chi connectivity index (χ2n) is 7.16. The minimum absolute atomic E-state index is 0.0438. The summed E-state index contributed by atoms with van der Waals surface area (Å²) in [6, 6.07) is 11.9. The summed E-state index contributed by atoms with van der Waals surface area (Å²) in [5.74, 6) is -0.310. The average Bonchev–Trinajstić information content (AvgIpc) is 2.77. The van der Waals surface area contributed by atoms with Gasteiger partial charge in [-0.2, -0.15) is 9.57 Å². The smallest absolute Gasteiger partial charge is 0.243 e. The van der Waals surface area contributed by atoms with Gasteiger partial charge in [0.05, 0.1) is 17.4 Å². The van der Waals surface area contributed by atoms with Gasteiger partial charge in [-0.25, -0.2) is 8.42 Å². The van der Waals surface area contributed by atoms with Crippen molar-refractivity contribution < 1.29 is 13.2 Å². The molecule has 158 valence electrons. The largest absolute Gasteiger partial charge is 0.337 e. The van der Waals surface area contributed by atoms with Crippen LogP contribution in [0.1, 0.15) is 24.8 Å². The molecule has 2 heterocycles. The van der Waals surface area contributed by atoms with Crippen LogP contribution in [0.5, 0.6) is 0 Å². The molecule has 0 unspecified atom stereocenters. The summed E-state index contributed by atoms with van der Waals surface area (Å²) in [6.45, 7) is 1.28. The summed E-state index contributed by atoms with van der Waals surface area (Å²) < 4.78 is 27.1. The molecule has 0 aliphatic carbocycles. The van der Waals surface area contributed by atoms with E-state index in [0.29, 0.717) is 31.0 Å². The Labute approximate surface area is 181 Å². The molecule has 7 nitrogen and oxygen atoms in total. The molecule has 0 saturated carbocycles. The minimum Gasteiger partial charge on any atom is -0.337 e. The number of nitrogens with zero attached hydrogens (tertiary/aromatic N) is 4. The van der Waals surface area contributed by atoms with E-state index in [1.807, 2.05) is 12.1 Å². The number of carbonyl (C=O) groups excluding carboxylic acids is 1. The normalized spacial score (nSPS) is 15.5. The van der Waals surface area contributed by atoms with Crippen molar-refractivity contribution in [1.82, 2.24) is 14.2 Å². The Morgan fingerprint density at radius 1 is 1.23 bits per heavy atom. The fraction of sp³-hybridized carbons (Fsp3) is 0.381. The first-order chi connectivity index (χ1) is 14.4. The summed E-state index contributed by atoms with van der Waals surface area (Å²) >= 11 is 5.85. The Hall–Kier alpha value is -2.47. The lowest BCUT2D eigenvalue weighted by molar-refractivity contribution is -0.137. The molecule has 1 aromatic heterocycles. The maximum Gasteiger partial charge on any atom is 0.243 e. The van der Waals surface area contributed by atoms with Gasteiger partial charge >= 0.3 is 0 Å². The third kappa shape index (κ3) is 5.36. The predicted molar refractivity (Wildman–Crippen MR) is 113 cm³/mol. The van der Waals surface area contributed by atoms with Gasteiger partial charge in [-0.15, -0.1) is 0 Å². The first kappa shape index (κ1) is 22.2. The Bertz CT molecular complexity index is 999. The van der Waals surface area contributed by atoms with E-state index in [1.54, 1.807) is 29.4 Å². The third-order valence-corrected chi connectivity index (χ3v) is 7.32.